The van der Waals surface area contributed by atoms with Crippen molar-refractivity contribution in [3.8, 4) is 22.3 Å². The van der Waals surface area contributed by atoms with Crippen LogP contribution in [0.3, 0.4) is 0 Å². The molecule has 0 aliphatic carbocycles. The molecule has 3 aromatic rings. The van der Waals surface area contributed by atoms with Crippen LogP contribution in [0, 0.1) is 6.92 Å². The van der Waals surface area contributed by atoms with Gasteiger partial charge in [0.1, 0.15) is 5.76 Å². The molecule has 0 aliphatic heterocycles. The number of aliphatic hydroxyl groups excluding tert-OH is 1. The van der Waals surface area contributed by atoms with E-state index in [4.69, 9.17) is 19.0 Å². The first kappa shape index (κ1) is 14.9. The van der Waals surface area contributed by atoms with Gasteiger partial charge >= 0.3 is 0 Å². The third-order valence-electron chi connectivity index (χ3n) is 3.47. The number of thiophene rings is 1. The number of fused-ring (bicyclic) bond motifs is 1. The normalized spacial score (nSPS) is 11.1. The van der Waals surface area contributed by atoms with Crippen LogP contribution in [0.5, 0.6) is 11.5 Å². The number of oxazole rings is 1. The van der Waals surface area contributed by atoms with Crippen LogP contribution < -0.4 is 9.47 Å². The van der Waals surface area contributed by atoms with Crippen molar-refractivity contribution >= 4 is 21.4 Å². The van der Waals surface area contributed by atoms with E-state index in [1.54, 1.807) is 25.6 Å². The number of benzene rings is 1. The lowest BCUT2D eigenvalue weighted by molar-refractivity contribution is 0.297. The molecule has 0 amide bonds. The summed E-state index contributed by atoms with van der Waals surface area (Å²) in [6, 6.07) is 5.92. The second-order valence-electron chi connectivity index (χ2n) is 4.85. The molecule has 22 heavy (non-hydrogen) atoms. The van der Waals surface area contributed by atoms with Crippen LogP contribution in [0.25, 0.3) is 20.9 Å². The summed E-state index contributed by atoms with van der Waals surface area (Å²) in [5.74, 6) is 2.73. The molecule has 2 aromatic heterocycles. The molecular formula is C16H17NO4S. The smallest absolute Gasteiger partial charge is 0.236 e. The minimum absolute atomic E-state index is 0.0631. The molecule has 6 heteroatoms. The van der Waals surface area contributed by atoms with Crippen LogP contribution in [0.1, 0.15) is 11.5 Å². The number of ether oxygens (including phenoxy) is 2. The highest BCUT2D eigenvalue weighted by Gasteiger charge is 2.15. The second kappa shape index (κ2) is 5.98. The Balaban J connectivity index is 2.06. The number of rotatable bonds is 5. The molecular weight excluding hydrogens is 302 g/mol. The van der Waals surface area contributed by atoms with Crippen molar-refractivity contribution in [2.24, 2.45) is 0 Å². The molecule has 3 rings (SSSR count). The van der Waals surface area contributed by atoms with Gasteiger partial charge in [-0.1, -0.05) is 0 Å². The molecule has 0 fully saturated rings. The molecule has 1 N–H and O–H groups in total. The number of hydrogen-bond acceptors (Lipinski definition) is 6. The zero-order valence-corrected chi connectivity index (χ0v) is 13.5. The molecule has 0 saturated heterocycles. The van der Waals surface area contributed by atoms with E-state index in [-0.39, 0.29) is 6.61 Å². The maximum atomic E-state index is 9.05. The van der Waals surface area contributed by atoms with Crippen LogP contribution in [0.4, 0.5) is 0 Å². The second-order valence-corrected chi connectivity index (χ2v) is 5.93. The summed E-state index contributed by atoms with van der Waals surface area (Å²) in [5.41, 5.74) is 0.796. The molecule has 0 spiro atoms. The quantitative estimate of drug-likeness (QED) is 0.780. The molecule has 0 bridgehead atoms. The van der Waals surface area contributed by atoms with Gasteiger partial charge < -0.3 is 19.0 Å². The number of aryl methyl sites for hydroxylation is 1. The van der Waals surface area contributed by atoms with Gasteiger partial charge in [0.25, 0.3) is 0 Å². The van der Waals surface area contributed by atoms with E-state index in [1.807, 2.05) is 25.1 Å². The largest absolute Gasteiger partial charge is 0.493 e. The zero-order chi connectivity index (χ0) is 15.7. The van der Waals surface area contributed by atoms with Crippen molar-refractivity contribution in [2.75, 3.05) is 20.8 Å². The first-order chi connectivity index (χ1) is 10.7. The number of nitrogens with zero attached hydrogens (tertiary/aromatic N) is 1. The topological polar surface area (TPSA) is 64.7 Å². The molecule has 0 saturated carbocycles. The van der Waals surface area contributed by atoms with Crippen LogP contribution >= 0.6 is 11.3 Å². The van der Waals surface area contributed by atoms with Crippen LogP contribution in [0.2, 0.25) is 0 Å². The Morgan fingerprint density at radius 3 is 2.59 bits per heavy atom. The van der Waals surface area contributed by atoms with Crippen molar-refractivity contribution in [3.05, 3.63) is 29.7 Å². The highest BCUT2D eigenvalue weighted by Crippen LogP contribution is 2.39. The van der Waals surface area contributed by atoms with Gasteiger partial charge in [0.15, 0.2) is 11.5 Å². The van der Waals surface area contributed by atoms with Crippen molar-refractivity contribution in [3.63, 3.8) is 0 Å². The van der Waals surface area contributed by atoms with Gasteiger partial charge in [-0.2, -0.15) is 0 Å². The van der Waals surface area contributed by atoms with Gasteiger partial charge in [0, 0.05) is 23.8 Å². The summed E-state index contributed by atoms with van der Waals surface area (Å²) in [6.07, 6.45) is 0.502. The van der Waals surface area contributed by atoms with E-state index < -0.39 is 0 Å². The van der Waals surface area contributed by atoms with E-state index in [9.17, 15) is 0 Å². The summed E-state index contributed by atoms with van der Waals surface area (Å²) < 4.78 is 17.5. The molecule has 0 atom stereocenters. The number of methoxy groups -OCH3 is 2. The molecule has 0 aliphatic rings. The Kier molecular flexibility index (Phi) is 4.04. The van der Waals surface area contributed by atoms with Gasteiger partial charge in [-0.25, -0.2) is 4.98 Å². The number of aliphatic hydroxyl groups is 1. The van der Waals surface area contributed by atoms with Gasteiger partial charge in [0.2, 0.25) is 5.89 Å². The summed E-state index contributed by atoms with van der Waals surface area (Å²) >= 11 is 1.58. The average Bonchev–Trinajstić information content (AvgIpc) is 3.09. The van der Waals surface area contributed by atoms with Gasteiger partial charge in [-0.15, -0.1) is 11.3 Å². The molecule has 1 aromatic carbocycles. The third-order valence-corrected chi connectivity index (χ3v) is 4.56. The lowest BCUT2D eigenvalue weighted by Crippen LogP contribution is -1.92. The highest BCUT2D eigenvalue weighted by molar-refractivity contribution is 7.22. The van der Waals surface area contributed by atoms with Crippen molar-refractivity contribution in [2.45, 2.75) is 13.3 Å². The van der Waals surface area contributed by atoms with Gasteiger partial charge in [0.05, 0.1) is 24.8 Å². The predicted molar refractivity (Wildman–Crippen MR) is 86.0 cm³/mol. The van der Waals surface area contributed by atoms with E-state index in [0.717, 1.165) is 26.4 Å². The first-order valence-corrected chi connectivity index (χ1v) is 7.71. The van der Waals surface area contributed by atoms with E-state index >= 15 is 0 Å². The van der Waals surface area contributed by atoms with Crippen LogP contribution in [0.15, 0.2) is 22.6 Å². The number of aromatic nitrogens is 1. The third kappa shape index (κ3) is 2.55. The lowest BCUT2D eigenvalue weighted by atomic mass is 10.2. The fourth-order valence-corrected chi connectivity index (χ4v) is 3.34. The Morgan fingerprint density at radius 1 is 1.18 bits per heavy atom. The highest BCUT2D eigenvalue weighted by atomic mass is 32.1. The minimum atomic E-state index is 0.0631. The van der Waals surface area contributed by atoms with E-state index in [2.05, 4.69) is 4.98 Å². The monoisotopic (exact) mass is 319 g/mol. The van der Waals surface area contributed by atoms with E-state index in [1.165, 1.54) is 0 Å². The molecule has 5 nitrogen and oxygen atoms in total. The summed E-state index contributed by atoms with van der Waals surface area (Å²) in [7, 11) is 3.24. The molecule has 116 valence electrons. The predicted octanol–water partition coefficient (Wildman–Crippen LogP) is 3.42. The van der Waals surface area contributed by atoms with Crippen molar-refractivity contribution in [1.82, 2.24) is 4.98 Å². The minimum Gasteiger partial charge on any atom is -0.493 e. The molecule has 0 unspecified atom stereocenters. The Morgan fingerprint density at radius 2 is 1.91 bits per heavy atom. The fourth-order valence-electron chi connectivity index (χ4n) is 2.34. The Hall–Kier alpha value is -2.05. The van der Waals surface area contributed by atoms with Crippen molar-refractivity contribution < 1.29 is 19.0 Å². The summed E-state index contributed by atoms with van der Waals surface area (Å²) in [5, 5.41) is 10.1. The van der Waals surface area contributed by atoms with Gasteiger partial charge in [-0.3, -0.25) is 0 Å². The Bertz CT molecular complexity index is 765. The molecule has 2 heterocycles. The maximum Gasteiger partial charge on any atom is 0.236 e. The van der Waals surface area contributed by atoms with Gasteiger partial charge in [-0.05, 0) is 24.4 Å². The summed E-state index contributed by atoms with van der Waals surface area (Å²) in [6.45, 7) is 1.93. The average molecular weight is 319 g/mol. The molecule has 0 radical (unpaired) electrons. The number of hydrogen-bond donors (Lipinski definition) is 1. The maximum absolute atomic E-state index is 9.05. The van der Waals surface area contributed by atoms with Crippen LogP contribution in [-0.2, 0) is 6.42 Å². The van der Waals surface area contributed by atoms with E-state index in [0.29, 0.717) is 23.8 Å². The zero-order valence-electron chi connectivity index (χ0n) is 12.7. The Labute approximate surface area is 132 Å². The standard InChI is InChI=1S/C16H17NO4S/c1-9-11(4-5-18)17-16(21-9)15-7-10-6-12(19-2)13(20-3)8-14(10)22-15/h6-8,18H,4-5H2,1-3H3. The summed E-state index contributed by atoms with van der Waals surface area (Å²) in [4.78, 5) is 5.41. The lowest BCUT2D eigenvalue weighted by Gasteiger charge is -2.06. The van der Waals surface area contributed by atoms with Crippen molar-refractivity contribution in [1.29, 1.82) is 0 Å². The SMILES string of the molecule is COc1cc2cc(-c3nc(CCO)c(C)o3)sc2cc1OC. The fraction of sp³-hybridized carbons (Fsp3) is 0.312. The first-order valence-electron chi connectivity index (χ1n) is 6.89. The van der Waals surface area contributed by atoms with Crippen LogP contribution in [-0.4, -0.2) is 30.9 Å².